The molecular formula is C17H25N3O. The van der Waals surface area contributed by atoms with Gasteiger partial charge in [0.25, 0.3) is 0 Å². The van der Waals surface area contributed by atoms with E-state index in [4.69, 9.17) is 4.74 Å². The maximum Gasteiger partial charge on any atom is 0.122 e. The van der Waals surface area contributed by atoms with Crippen molar-refractivity contribution in [2.24, 2.45) is 5.92 Å². The summed E-state index contributed by atoms with van der Waals surface area (Å²) in [6, 6.07) is 4.71. The third-order valence-corrected chi connectivity index (χ3v) is 4.67. The first-order valence-electron chi connectivity index (χ1n) is 7.91. The third-order valence-electron chi connectivity index (χ3n) is 4.67. The van der Waals surface area contributed by atoms with Crippen molar-refractivity contribution in [3.8, 4) is 5.75 Å². The Balaban J connectivity index is 1.68. The van der Waals surface area contributed by atoms with Gasteiger partial charge >= 0.3 is 0 Å². The smallest absolute Gasteiger partial charge is 0.122 e. The molecule has 0 N–H and O–H groups in total. The molecule has 0 unspecified atom stereocenters. The van der Waals surface area contributed by atoms with E-state index in [0.29, 0.717) is 6.04 Å². The zero-order valence-corrected chi connectivity index (χ0v) is 13.2. The predicted molar refractivity (Wildman–Crippen MR) is 84.9 cm³/mol. The number of piperidine rings is 1. The Kier molecular flexibility index (Phi) is 4.15. The highest BCUT2D eigenvalue weighted by molar-refractivity contribution is 5.50. The lowest BCUT2D eigenvalue weighted by atomic mass is 9.92. The normalized spacial score (nSPS) is 17.7. The molecule has 2 aromatic heterocycles. The quantitative estimate of drug-likeness (QED) is 0.866. The van der Waals surface area contributed by atoms with Crippen LogP contribution < -0.4 is 4.74 Å². The van der Waals surface area contributed by atoms with Crippen LogP contribution in [0.4, 0.5) is 0 Å². The minimum Gasteiger partial charge on any atom is -0.497 e. The summed E-state index contributed by atoms with van der Waals surface area (Å²) in [7, 11) is 1.70. The SMILES string of the molecule is COc1ccn2c(CC3CCN(C(C)C)CC3)ncc2c1. The second-order valence-electron chi connectivity index (χ2n) is 6.31. The number of likely N-dealkylation sites (tertiary alicyclic amines) is 1. The van der Waals surface area contributed by atoms with Gasteiger partial charge in [-0.25, -0.2) is 4.98 Å². The third kappa shape index (κ3) is 3.05. The van der Waals surface area contributed by atoms with Crippen molar-refractivity contribution in [3.63, 3.8) is 0 Å². The van der Waals surface area contributed by atoms with Gasteiger partial charge in [-0.05, 0) is 51.8 Å². The summed E-state index contributed by atoms with van der Waals surface area (Å²) in [6.07, 6.45) is 7.65. The Morgan fingerprint density at radius 3 is 2.76 bits per heavy atom. The van der Waals surface area contributed by atoms with Crippen molar-refractivity contribution in [2.45, 2.75) is 39.2 Å². The molecule has 0 radical (unpaired) electrons. The van der Waals surface area contributed by atoms with Gasteiger partial charge < -0.3 is 14.0 Å². The second kappa shape index (κ2) is 6.06. The molecule has 21 heavy (non-hydrogen) atoms. The minimum absolute atomic E-state index is 0.672. The van der Waals surface area contributed by atoms with Gasteiger partial charge in [0.15, 0.2) is 0 Å². The standard InChI is InChI=1S/C17H25N3O/c1-13(2)19-7-4-14(5-8-19)10-17-18-12-15-11-16(21-3)6-9-20(15)17/h6,9,11-14H,4-5,7-8,10H2,1-3H3. The first-order valence-corrected chi connectivity index (χ1v) is 7.91. The van der Waals surface area contributed by atoms with Crippen LogP contribution in [0.15, 0.2) is 24.5 Å². The fourth-order valence-electron chi connectivity index (χ4n) is 3.24. The number of ether oxygens (including phenoxy) is 1. The Labute approximate surface area is 126 Å². The minimum atomic E-state index is 0.672. The molecule has 0 amide bonds. The van der Waals surface area contributed by atoms with Crippen LogP contribution in [-0.2, 0) is 6.42 Å². The van der Waals surface area contributed by atoms with Crippen LogP contribution in [0.2, 0.25) is 0 Å². The lowest BCUT2D eigenvalue weighted by Crippen LogP contribution is -2.38. The van der Waals surface area contributed by atoms with Crippen molar-refractivity contribution < 1.29 is 4.74 Å². The molecule has 3 heterocycles. The number of hydrogen-bond donors (Lipinski definition) is 0. The Hall–Kier alpha value is -1.55. The topological polar surface area (TPSA) is 29.8 Å². The zero-order chi connectivity index (χ0) is 14.8. The average Bonchev–Trinajstić information content (AvgIpc) is 2.90. The molecular weight excluding hydrogens is 262 g/mol. The monoisotopic (exact) mass is 287 g/mol. The summed E-state index contributed by atoms with van der Waals surface area (Å²) >= 11 is 0. The highest BCUT2D eigenvalue weighted by Crippen LogP contribution is 2.23. The van der Waals surface area contributed by atoms with Gasteiger partial charge in [0, 0.05) is 24.7 Å². The fourth-order valence-corrected chi connectivity index (χ4v) is 3.24. The van der Waals surface area contributed by atoms with Crippen LogP contribution in [0.3, 0.4) is 0 Å². The second-order valence-corrected chi connectivity index (χ2v) is 6.31. The molecule has 0 saturated carbocycles. The van der Waals surface area contributed by atoms with E-state index in [1.54, 1.807) is 7.11 Å². The number of nitrogens with zero attached hydrogens (tertiary/aromatic N) is 3. The predicted octanol–water partition coefficient (Wildman–Crippen LogP) is 3.01. The number of pyridine rings is 1. The first kappa shape index (κ1) is 14.4. The number of aromatic nitrogens is 2. The number of fused-ring (bicyclic) bond motifs is 1. The summed E-state index contributed by atoms with van der Waals surface area (Å²) in [5.74, 6) is 2.82. The summed E-state index contributed by atoms with van der Waals surface area (Å²) in [5.41, 5.74) is 1.11. The Bertz CT molecular complexity index is 597. The molecule has 0 aliphatic carbocycles. The first-order chi connectivity index (χ1) is 10.2. The van der Waals surface area contributed by atoms with Gasteiger partial charge in [0.1, 0.15) is 11.6 Å². The molecule has 2 aromatic rings. The van der Waals surface area contributed by atoms with Crippen LogP contribution in [0.1, 0.15) is 32.5 Å². The van der Waals surface area contributed by atoms with Crippen molar-refractivity contribution in [1.29, 1.82) is 0 Å². The lowest BCUT2D eigenvalue weighted by molar-refractivity contribution is 0.148. The number of methoxy groups -OCH3 is 1. The molecule has 4 nitrogen and oxygen atoms in total. The van der Waals surface area contributed by atoms with Crippen molar-refractivity contribution in [2.75, 3.05) is 20.2 Å². The molecule has 1 aliphatic rings. The maximum absolute atomic E-state index is 5.27. The Morgan fingerprint density at radius 2 is 2.10 bits per heavy atom. The van der Waals surface area contributed by atoms with Gasteiger partial charge in [-0.1, -0.05) is 0 Å². The van der Waals surface area contributed by atoms with Crippen LogP contribution in [0.5, 0.6) is 5.75 Å². The zero-order valence-electron chi connectivity index (χ0n) is 13.2. The van der Waals surface area contributed by atoms with Crippen molar-refractivity contribution >= 4 is 5.52 Å². The molecule has 4 heteroatoms. The molecule has 3 rings (SSSR count). The van der Waals surface area contributed by atoms with E-state index in [1.807, 2.05) is 18.3 Å². The van der Waals surface area contributed by atoms with Gasteiger partial charge in [0.2, 0.25) is 0 Å². The van der Waals surface area contributed by atoms with Crippen LogP contribution in [0.25, 0.3) is 5.52 Å². The largest absolute Gasteiger partial charge is 0.497 e. The van der Waals surface area contributed by atoms with Crippen LogP contribution in [-0.4, -0.2) is 40.5 Å². The van der Waals surface area contributed by atoms with E-state index in [-0.39, 0.29) is 0 Å². The molecule has 114 valence electrons. The van der Waals surface area contributed by atoms with Crippen LogP contribution >= 0.6 is 0 Å². The highest BCUT2D eigenvalue weighted by atomic mass is 16.5. The van der Waals surface area contributed by atoms with Gasteiger partial charge in [-0.15, -0.1) is 0 Å². The average molecular weight is 287 g/mol. The van der Waals surface area contributed by atoms with Crippen LogP contribution in [0, 0.1) is 5.92 Å². The summed E-state index contributed by atoms with van der Waals surface area (Å²) in [5, 5.41) is 0. The fraction of sp³-hybridized carbons (Fsp3) is 0.588. The van der Waals surface area contributed by atoms with Gasteiger partial charge in [-0.3, -0.25) is 0 Å². The van der Waals surface area contributed by atoms with E-state index in [9.17, 15) is 0 Å². The highest BCUT2D eigenvalue weighted by Gasteiger charge is 2.22. The summed E-state index contributed by atoms with van der Waals surface area (Å²) < 4.78 is 7.46. The summed E-state index contributed by atoms with van der Waals surface area (Å²) in [6.45, 7) is 7.02. The van der Waals surface area contributed by atoms with Crippen molar-refractivity contribution in [3.05, 3.63) is 30.4 Å². The van der Waals surface area contributed by atoms with E-state index < -0.39 is 0 Å². The van der Waals surface area contributed by atoms with E-state index in [0.717, 1.165) is 23.6 Å². The molecule has 1 fully saturated rings. The van der Waals surface area contributed by atoms with E-state index >= 15 is 0 Å². The number of hydrogen-bond acceptors (Lipinski definition) is 3. The van der Waals surface area contributed by atoms with Crippen molar-refractivity contribution in [1.82, 2.24) is 14.3 Å². The molecule has 1 saturated heterocycles. The molecule has 0 atom stereocenters. The molecule has 0 bridgehead atoms. The van der Waals surface area contributed by atoms with E-state index in [1.165, 1.54) is 31.8 Å². The Morgan fingerprint density at radius 1 is 1.33 bits per heavy atom. The van der Waals surface area contributed by atoms with Gasteiger partial charge in [-0.2, -0.15) is 0 Å². The lowest BCUT2D eigenvalue weighted by Gasteiger charge is -2.34. The number of rotatable bonds is 4. The molecule has 0 spiro atoms. The summed E-state index contributed by atoms with van der Waals surface area (Å²) in [4.78, 5) is 7.19. The van der Waals surface area contributed by atoms with Gasteiger partial charge in [0.05, 0.1) is 18.8 Å². The maximum atomic E-state index is 5.27. The number of imidazole rings is 1. The molecule has 1 aliphatic heterocycles. The molecule has 0 aromatic carbocycles. The van der Waals surface area contributed by atoms with E-state index in [2.05, 4.69) is 34.3 Å².